The molecule has 1 saturated heterocycles. The molecule has 6 heteroatoms. The van der Waals surface area contributed by atoms with Crippen LogP contribution in [0.2, 0.25) is 5.02 Å². The van der Waals surface area contributed by atoms with Crippen LogP contribution in [0, 0.1) is 11.8 Å². The van der Waals surface area contributed by atoms with Crippen molar-refractivity contribution < 1.29 is 4.79 Å². The Morgan fingerprint density at radius 2 is 2.00 bits per heavy atom. The molecule has 27 heavy (non-hydrogen) atoms. The summed E-state index contributed by atoms with van der Waals surface area (Å²) in [4.78, 5) is 17.0. The van der Waals surface area contributed by atoms with E-state index in [0.717, 1.165) is 31.6 Å². The van der Waals surface area contributed by atoms with Gasteiger partial charge in [-0.3, -0.25) is 4.79 Å². The average molecular weight is 387 g/mol. The van der Waals surface area contributed by atoms with Crippen molar-refractivity contribution in [1.82, 2.24) is 10.3 Å². The molecule has 0 radical (unpaired) electrons. The first-order chi connectivity index (χ1) is 13.0. The number of aromatic nitrogens is 1. The minimum atomic E-state index is -0.216. The molecule has 0 saturated carbocycles. The number of piperidine rings is 1. The van der Waals surface area contributed by atoms with Crippen LogP contribution in [0.4, 0.5) is 11.5 Å². The summed E-state index contributed by atoms with van der Waals surface area (Å²) >= 11 is 6.18. The molecule has 1 atom stereocenters. The van der Waals surface area contributed by atoms with Gasteiger partial charge in [-0.05, 0) is 68.1 Å². The number of nitrogens with one attached hydrogen (secondary N) is 3. The molecule has 3 rings (SSSR count). The number of hydrogen-bond donors (Lipinski definition) is 3. The second-order valence-electron chi connectivity index (χ2n) is 7.36. The maximum atomic E-state index is 12.9. The molecular weight excluding hydrogens is 360 g/mol. The lowest BCUT2D eigenvalue weighted by atomic mass is 9.83. The quantitative estimate of drug-likeness (QED) is 0.687. The smallest absolute Gasteiger partial charge is 0.258 e. The SMILES string of the molecule is CC(C)C(Nc1ccc(Cl)cc1C(=O)Nc1ccccn1)C1CCNCC1. The predicted octanol–water partition coefficient (Wildman–Crippen LogP) is 4.42. The van der Waals surface area contributed by atoms with Crippen molar-refractivity contribution in [3.05, 3.63) is 53.2 Å². The van der Waals surface area contributed by atoms with E-state index in [0.29, 0.717) is 34.3 Å². The van der Waals surface area contributed by atoms with Gasteiger partial charge in [0.2, 0.25) is 0 Å². The van der Waals surface area contributed by atoms with Gasteiger partial charge in [-0.2, -0.15) is 0 Å². The molecule has 1 fully saturated rings. The van der Waals surface area contributed by atoms with Crippen LogP contribution < -0.4 is 16.0 Å². The molecule has 1 aromatic carbocycles. The summed E-state index contributed by atoms with van der Waals surface area (Å²) in [6.45, 7) is 6.54. The molecule has 3 N–H and O–H groups in total. The number of pyridine rings is 1. The number of hydrogen-bond acceptors (Lipinski definition) is 4. The van der Waals surface area contributed by atoms with Crippen molar-refractivity contribution in [2.75, 3.05) is 23.7 Å². The van der Waals surface area contributed by atoms with E-state index in [9.17, 15) is 4.79 Å². The molecule has 0 bridgehead atoms. The van der Waals surface area contributed by atoms with E-state index in [1.807, 2.05) is 24.3 Å². The lowest BCUT2D eigenvalue weighted by Crippen LogP contribution is -2.41. The first kappa shape index (κ1) is 19.6. The van der Waals surface area contributed by atoms with Gasteiger partial charge in [0, 0.05) is 22.9 Å². The second-order valence-corrected chi connectivity index (χ2v) is 7.80. The second kappa shape index (κ2) is 9.20. The van der Waals surface area contributed by atoms with Gasteiger partial charge in [0.15, 0.2) is 0 Å². The summed E-state index contributed by atoms with van der Waals surface area (Å²) in [5.41, 5.74) is 1.35. The Kier molecular flexibility index (Phi) is 6.69. The third-order valence-electron chi connectivity index (χ3n) is 5.06. The van der Waals surface area contributed by atoms with Crippen LogP contribution in [-0.2, 0) is 0 Å². The number of amides is 1. The van der Waals surface area contributed by atoms with Crippen LogP contribution in [0.15, 0.2) is 42.6 Å². The number of benzene rings is 1. The first-order valence-corrected chi connectivity index (χ1v) is 9.91. The monoisotopic (exact) mass is 386 g/mol. The lowest BCUT2D eigenvalue weighted by Gasteiger charge is -2.35. The minimum Gasteiger partial charge on any atom is -0.381 e. The summed E-state index contributed by atoms with van der Waals surface area (Å²) < 4.78 is 0. The van der Waals surface area contributed by atoms with Gasteiger partial charge in [0.25, 0.3) is 5.91 Å². The third-order valence-corrected chi connectivity index (χ3v) is 5.30. The number of carbonyl (C=O) groups is 1. The summed E-state index contributed by atoms with van der Waals surface area (Å²) in [7, 11) is 0. The number of carbonyl (C=O) groups excluding carboxylic acids is 1. The van der Waals surface area contributed by atoms with Crippen LogP contribution >= 0.6 is 11.6 Å². The van der Waals surface area contributed by atoms with Crippen molar-refractivity contribution in [2.45, 2.75) is 32.7 Å². The highest BCUT2D eigenvalue weighted by atomic mass is 35.5. The highest BCUT2D eigenvalue weighted by Crippen LogP contribution is 2.29. The molecule has 0 spiro atoms. The Bertz CT molecular complexity index is 760. The molecule has 0 aliphatic carbocycles. The zero-order valence-corrected chi connectivity index (χ0v) is 16.6. The van der Waals surface area contributed by atoms with Crippen LogP contribution in [0.3, 0.4) is 0 Å². The minimum absolute atomic E-state index is 0.216. The Hall–Kier alpha value is -2.11. The van der Waals surface area contributed by atoms with E-state index in [1.165, 1.54) is 0 Å². The van der Waals surface area contributed by atoms with Crippen molar-refractivity contribution >= 4 is 29.0 Å². The fourth-order valence-electron chi connectivity index (χ4n) is 3.66. The van der Waals surface area contributed by atoms with Gasteiger partial charge in [-0.25, -0.2) is 4.98 Å². The summed E-state index contributed by atoms with van der Waals surface area (Å²) in [5, 5.41) is 10.4. The van der Waals surface area contributed by atoms with E-state index in [1.54, 1.807) is 18.3 Å². The van der Waals surface area contributed by atoms with E-state index in [2.05, 4.69) is 34.8 Å². The predicted molar refractivity (Wildman–Crippen MR) is 111 cm³/mol. The molecule has 5 nitrogen and oxygen atoms in total. The highest BCUT2D eigenvalue weighted by Gasteiger charge is 2.27. The number of nitrogens with zero attached hydrogens (tertiary/aromatic N) is 1. The van der Waals surface area contributed by atoms with Crippen LogP contribution in [0.25, 0.3) is 0 Å². The molecule has 1 aliphatic heterocycles. The number of anilines is 2. The van der Waals surface area contributed by atoms with E-state index in [4.69, 9.17) is 11.6 Å². The maximum absolute atomic E-state index is 12.9. The first-order valence-electron chi connectivity index (χ1n) is 9.54. The van der Waals surface area contributed by atoms with Crippen LogP contribution in [0.5, 0.6) is 0 Å². The van der Waals surface area contributed by atoms with Gasteiger partial charge in [-0.15, -0.1) is 0 Å². The van der Waals surface area contributed by atoms with Gasteiger partial charge in [0.1, 0.15) is 5.82 Å². The lowest BCUT2D eigenvalue weighted by molar-refractivity contribution is 0.102. The highest BCUT2D eigenvalue weighted by molar-refractivity contribution is 6.31. The molecule has 1 unspecified atom stereocenters. The van der Waals surface area contributed by atoms with Gasteiger partial charge < -0.3 is 16.0 Å². The largest absolute Gasteiger partial charge is 0.381 e. The molecule has 2 heterocycles. The van der Waals surface area contributed by atoms with Crippen molar-refractivity contribution in [3.8, 4) is 0 Å². The van der Waals surface area contributed by atoms with E-state index < -0.39 is 0 Å². The zero-order chi connectivity index (χ0) is 19.2. The normalized spacial score (nSPS) is 16.1. The number of rotatable bonds is 6. The van der Waals surface area contributed by atoms with Gasteiger partial charge >= 0.3 is 0 Å². The Morgan fingerprint density at radius 3 is 2.67 bits per heavy atom. The standard InChI is InChI=1S/C21H27ClN4O/c1-14(2)20(15-8-11-23-12-9-15)25-18-7-6-16(22)13-17(18)21(27)26-19-5-3-4-10-24-19/h3-7,10,13-15,20,23,25H,8-9,11-12H2,1-2H3,(H,24,26,27). The molecule has 1 aliphatic rings. The summed E-state index contributed by atoms with van der Waals surface area (Å²) in [6, 6.07) is 11.1. The fourth-order valence-corrected chi connectivity index (χ4v) is 3.83. The van der Waals surface area contributed by atoms with Gasteiger partial charge in [0.05, 0.1) is 5.56 Å². The average Bonchev–Trinajstić information content (AvgIpc) is 2.68. The molecule has 1 amide bonds. The number of halogens is 1. The third kappa shape index (κ3) is 5.21. The van der Waals surface area contributed by atoms with Crippen LogP contribution in [-0.4, -0.2) is 30.0 Å². The van der Waals surface area contributed by atoms with Crippen molar-refractivity contribution in [1.29, 1.82) is 0 Å². The maximum Gasteiger partial charge on any atom is 0.258 e. The summed E-state index contributed by atoms with van der Waals surface area (Å²) in [5.74, 6) is 1.34. The van der Waals surface area contributed by atoms with E-state index in [-0.39, 0.29) is 5.91 Å². The fraction of sp³-hybridized carbons (Fsp3) is 0.429. The molecular formula is C21H27ClN4O. The van der Waals surface area contributed by atoms with Crippen molar-refractivity contribution in [3.63, 3.8) is 0 Å². The Balaban J connectivity index is 1.83. The molecule has 2 aromatic rings. The van der Waals surface area contributed by atoms with Crippen LogP contribution in [0.1, 0.15) is 37.0 Å². The molecule has 144 valence electrons. The van der Waals surface area contributed by atoms with Crippen molar-refractivity contribution in [2.24, 2.45) is 11.8 Å². The Labute approximate surface area is 165 Å². The summed E-state index contributed by atoms with van der Waals surface area (Å²) in [6.07, 6.45) is 3.93. The Morgan fingerprint density at radius 1 is 1.22 bits per heavy atom. The zero-order valence-electron chi connectivity index (χ0n) is 15.8. The van der Waals surface area contributed by atoms with E-state index >= 15 is 0 Å². The molecule has 1 aromatic heterocycles. The topological polar surface area (TPSA) is 66.0 Å². The van der Waals surface area contributed by atoms with Gasteiger partial charge in [-0.1, -0.05) is 31.5 Å².